The van der Waals surface area contributed by atoms with Crippen LogP contribution in [-0.4, -0.2) is 46.9 Å². The van der Waals surface area contributed by atoms with Crippen molar-refractivity contribution in [1.29, 1.82) is 0 Å². The molecule has 160 valence electrons. The Morgan fingerprint density at radius 3 is 2.37 bits per heavy atom. The second-order valence-electron chi connectivity index (χ2n) is 8.02. The molecular weight excluding hydrogens is 402 g/mol. The van der Waals surface area contributed by atoms with Crippen molar-refractivity contribution in [3.63, 3.8) is 0 Å². The van der Waals surface area contributed by atoms with E-state index in [4.69, 9.17) is 16.3 Å². The fourth-order valence-electron chi connectivity index (χ4n) is 3.42. The number of aryl methyl sites for hydroxylation is 1. The number of likely N-dealkylation sites (tertiary alicyclic amines) is 1. The first-order valence-corrected chi connectivity index (χ1v) is 10.7. The smallest absolute Gasteiger partial charge is 0.251 e. The number of hydrogen-bond donors (Lipinski definition) is 1. The maximum absolute atomic E-state index is 13.1. The Morgan fingerprint density at radius 2 is 1.80 bits per heavy atom. The van der Waals surface area contributed by atoms with Gasteiger partial charge in [0.1, 0.15) is 12.1 Å². The maximum atomic E-state index is 13.1. The SMILES string of the molecule is Cc1ccc(OC2CCN(C(=O)[C@@H](NC(=O)c3ccc(Cl)cc3)C(C)C)CC2)nc1. The van der Waals surface area contributed by atoms with E-state index in [-0.39, 0.29) is 23.8 Å². The quantitative estimate of drug-likeness (QED) is 0.756. The monoisotopic (exact) mass is 429 g/mol. The van der Waals surface area contributed by atoms with E-state index in [0.717, 1.165) is 18.4 Å². The van der Waals surface area contributed by atoms with Gasteiger partial charge in [0.05, 0.1) is 0 Å². The summed E-state index contributed by atoms with van der Waals surface area (Å²) in [5.74, 6) is 0.252. The van der Waals surface area contributed by atoms with E-state index in [9.17, 15) is 9.59 Å². The number of piperidine rings is 1. The number of hydrogen-bond acceptors (Lipinski definition) is 4. The molecule has 2 heterocycles. The Morgan fingerprint density at radius 1 is 1.13 bits per heavy atom. The number of nitrogens with zero attached hydrogens (tertiary/aromatic N) is 2. The molecule has 1 saturated heterocycles. The lowest BCUT2D eigenvalue weighted by Gasteiger charge is -2.35. The Hall–Kier alpha value is -2.60. The molecule has 0 unspecified atom stereocenters. The number of halogens is 1. The van der Waals surface area contributed by atoms with Crippen molar-refractivity contribution in [1.82, 2.24) is 15.2 Å². The molecule has 7 heteroatoms. The van der Waals surface area contributed by atoms with E-state index in [1.807, 2.05) is 37.8 Å². The third kappa shape index (κ3) is 5.72. The average Bonchev–Trinajstić information content (AvgIpc) is 2.74. The Labute approximate surface area is 182 Å². The molecule has 1 atom stereocenters. The first kappa shape index (κ1) is 22.1. The zero-order valence-corrected chi connectivity index (χ0v) is 18.4. The predicted octanol–water partition coefficient (Wildman–Crippen LogP) is 3.87. The molecule has 30 heavy (non-hydrogen) atoms. The number of rotatable bonds is 6. The Balaban J connectivity index is 1.56. The lowest BCUT2D eigenvalue weighted by molar-refractivity contribution is -0.136. The lowest BCUT2D eigenvalue weighted by atomic mass is 10.00. The molecule has 1 fully saturated rings. The highest BCUT2D eigenvalue weighted by molar-refractivity contribution is 6.30. The second kappa shape index (κ2) is 9.94. The second-order valence-corrected chi connectivity index (χ2v) is 8.45. The summed E-state index contributed by atoms with van der Waals surface area (Å²) in [4.78, 5) is 31.8. The zero-order valence-electron chi connectivity index (χ0n) is 17.6. The van der Waals surface area contributed by atoms with E-state index in [0.29, 0.717) is 29.6 Å². The minimum atomic E-state index is -0.579. The van der Waals surface area contributed by atoms with Gasteiger partial charge in [-0.3, -0.25) is 9.59 Å². The van der Waals surface area contributed by atoms with Crippen molar-refractivity contribution >= 4 is 23.4 Å². The fraction of sp³-hybridized carbons (Fsp3) is 0.435. The van der Waals surface area contributed by atoms with Crippen LogP contribution in [0.15, 0.2) is 42.6 Å². The van der Waals surface area contributed by atoms with Gasteiger partial charge in [-0.15, -0.1) is 0 Å². The number of aromatic nitrogens is 1. The molecule has 1 aromatic heterocycles. The minimum absolute atomic E-state index is 0.0283. The maximum Gasteiger partial charge on any atom is 0.251 e. The highest BCUT2D eigenvalue weighted by Crippen LogP contribution is 2.19. The number of carbonyl (C=O) groups excluding carboxylic acids is 2. The molecule has 1 N–H and O–H groups in total. The van der Waals surface area contributed by atoms with E-state index < -0.39 is 6.04 Å². The highest BCUT2D eigenvalue weighted by atomic mass is 35.5. The standard InChI is InChI=1S/C23H28ClN3O3/c1-15(2)21(26-22(28)17-5-7-18(24)8-6-17)23(29)27-12-10-19(11-13-27)30-20-9-4-16(3)14-25-20/h4-9,14-15,19,21H,10-13H2,1-3H3,(H,26,28)/t21-/m0/s1. The molecule has 1 aliphatic heterocycles. The van der Waals surface area contributed by atoms with Crippen molar-refractivity contribution in [2.45, 2.75) is 45.8 Å². The lowest BCUT2D eigenvalue weighted by Crippen LogP contribution is -2.53. The molecule has 0 saturated carbocycles. The largest absolute Gasteiger partial charge is 0.474 e. The molecule has 1 aromatic carbocycles. The normalized spacial score (nSPS) is 15.7. The molecule has 3 rings (SSSR count). The summed E-state index contributed by atoms with van der Waals surface area (Å²) in [6, 6.07) is 9.89. The molecule has 0 spiro atoms. The number of nitrogens with one attached hydrogen (secondary N) is 1. The van der Waals surface area contributed by atoms with Crippen LogP contribution >= 0.6 is 11.6 Å². The third-order valence-corrected chi connectivity index (χ3v) is 5.50. The predicted molar refractivity (Wildman–Crippen MR) is 117 cm³/mol. The number of benzene rings is 1. The molecule has 0 radical (unpaired) electrons. The molecular formula is C23H28ClN3O3. The summed E-state index contributed by atoms with van der Waals surface area (Å²) in [7, 11) is 0. The van der Waals surface area contributed by atoms with Crippen molar-refractivity contribution in [2.75, 3.05) is 13.1 Å². The molecule has 0 aliphatic carbocycles. The van der Waals surface area contributed by atoms with Gasteiger partial charge in [-0.2, -0.15) is 0 Å². The van der Waals surface area contributed by atoms with Crippen LogP contribution in [-0.2, 0) is 4.79 Å². The van der Waals surface area contributed by atoms with Crippen molar-refractivity contribution < 1.29 is 14.3 Å². The van der Waals surface area contributed by atoms with Gasteiger partial charge >= 0.3 is 0 Å². The van der Waals surface area contributed by atoms with Crippen LogP contribution in [0.2, 0.25) is 5.02 Å². The van der Waals surface area contributed by atoms with Crippen molar-refractivity contribution in [3.8, 4) is 5.88 Å². The van der Waals surface area contributed by atoms with E-state index in [2.05, 4.69) is 10.3 Å². The van der Waals surface area contributed by atoms with Gasteiger partial charge in [0.15, 0.2) is 0 Å². The van der Waals surface area contributed by atoms with Crippen LogP contribution in [0.1, 0.15) is 42.6 Å². The van der Waals surface area contributed by atoms with Gasteiger partial charge < -0.3 is 15.0 Å². The van der Waals surface area contributed by atoms with Crippen molar-refractivity contribution in [3.05, 3.63) is 58.7 Å². The van der Waals surface area contributed by atoms with Crippen LogP contribution < -0.4 is 10.1 Å². The van der Waals surface area contributed by atoms with Crippen LogP contribution in [0.4, 0.5) is 0 Å². The molecule has 0 bridgehead atoms. The van der Waals surface area contributed by atoms with E-state index in [1.54, 1.807) is 30.5 Å². The fourth-order valence-corrected chi connectivity index (χ4v) is 3.55. The highest BCUT2D eigenvalue weighted by Gasteiger charge is 2.32. The summed E-state index contributed by atoms with van der Waals surface area (Å²) in [5.41, 5.74) is 1.57. The number of ether oxygens (including phenoxy) is 1. The van der Waals surface area contributed by atoms with Crippen LogP contribution in [0.3, 0.4) is 0 Å². The van der Waals surface area contributed by atoms with Gasteiger partial charge in [-0.1, -0.05) is 31.5 Å². The summed E-state index contributed by atoms with van der Waals surface area (Å²) in [6.07, 6.45) is 3.28. The van der Waals surface area contributed by atoms with Gasteiger partial charge in [0, 0.05) is 48.8 Å². The first-order valence-electron chi connectivity index (χ1n) is 10.3. The van der Waals surface area contributed by atoms with Gasteiger partial charge in [0.25, 0.3) is 5.91 Å². The third-order valence-electron chi connectivity index (χ3n) is 5.25. The van der Waals surface area contributed by atoms with Gasteiger partial charge in [-0.25, -0.2) is 4.98 Å². The van der Waals surface area contributed by atoms with Crippen LogP contribution in [0.25, 0.3) is 0 Å². The van der Waals surface area contributed by atoms with Crippen LogP contribution in [0.5, 0.6) is 5.88 Å². The summed E-state index contributed by atoms with van der Waals surface area (Å²) < 4.78 is 5.95. The summed E-state index contributed by atoms with van der Waals surface area (Å²) in [5, 5.41) is 3.45. The number of amides is 2. The van der Waals surface area contributed by atoms with Crippen molar-refractivity contribution in [2.24, 2.45) is 5.92 Å². The number of pyridine rings is 1. The van der Waals surface area contributed by atoms with Gasteiger partial charge in [0.2, 0.25) is 11.8 Å². The summed E-state index contributed by atoms with van der Waals surface area (Å²) >= 11 is 5.89. The van der Waals surface area contributed by atoms with E-state index in [1.165, 1.54) is 0 Å². The molecule has 2 amide bonds. The minimum Gasteiger partial charge on any atom is -0.474 e. The molecule has 2 aromatic rings. The zero-order chi connectivity index (χ0) is 21.7. The molecule has 6 nitrogen and oxygen atoms in total. The van der Waals surface area contributed by atoms with E-state index >= 15 is 0 Å². The van der Waals surface area contributed by atoms with Crippen LogP contribution in [0, 0.1) is 12.8 Å². The Bertz CT molecular complexity index is 860. The molecule has 1 aliphatic rings. The topological polar surface area (TPSA) is 71.5 Å². The first-order chi connectivity index (χ1) is 14.3. The summed E-state index contributed by atoms with van der Waals surface area (Å²) in [6.45, 7) is 7.04. The number of carbonyl (C=O) groups is 2. The van der Waals surface area contributed by atoms with Gasteiger partial charge in [-0.05, 0) is 42.7 Å². The Kier molecular flexibility index (Phi) is 7.32. The average molecular weight is 430 g/mol.